The lowest BCUT2D eigenvalue weighted by Crippen LogP contribution is -2.10. The Morgan fingerprint density at radius 2 is 1.20 bits per heavy atom. The number of aryl methyl sites for hydroxylation is 2. The summed E-state index contributed by atoms with van der Waals surface area (Å²) < 4.78 is 2.13. The molecule has 156 valence electrons. The molecule has 3 nitrogen and oxygen atoms in total. The molecule has 0 aliphatic heterocycles. The molecule has 1 aliphatic rings. The van der Waals surface area contributed by atoms with E-state index in [-0.39, 0.29) is 0 Å². The van der Waals surface area contributed by atoms with Gasteiger partial charge in [0.25, 0.3) is 0 Å². The Balaban J connectivity index is 2.16. The van der Waals surface area contributed by atoms with Gasteiger partial charge >= 0.3 is 0 Å². The molecule has 0 atom stereocenters. The number of nitrogens with zero attached hydrogens (tertiary/aromatic N) is 1. The van der Waals surface area contributed by atoms with Gasteiger partial charge in [-0.2, -0.15) is 0 Å². The number of hydrogen-bond acceptors (Lipinski definition) is 2. The molecule has 2 aromatic rings. The van der Waals surface area contributed by atoms with Crippen molar-refractivity contribution < 1.29 is 4.58 Å². The van der Waals surface area contributed by atoms with Gasteiger partial charge in [-0.25, -0.2) is 4.58 Å². The Morgan fingerprint density at radius 3 is 1.57 bits per heavy atom. The highest BCUT2D eigenvalue weighted by atomic mass is 14.9. The predicted octanol–water partition coefficient (Wildman–Crippen LogP) is 5.81. The predicted molar refractivity (Wildman–Crippen MR) is 132 cm³/mol. The van der Waals surface area contributed by atoms with Crippen molar-refractivity contribution in [3.05, 3.63) is 88.5 Å². The molecule has 3 heteroatoms. The SMILES string of the molecule is CCNc1ccc(C(=C2C=CC(=[N+](C)C)C=C2)c2ccc(NCC)c(C)c2)cc1C. The number of hydrogen-bond donors (Lipinski definition) is 2. The van der Waals surface area contributed by atoms with E-state index in [9.17, 15) is 0 Å². The summed E-state index contributed by atoms with van der Waals surface area (Å²) in [5.41, 5.74) is 11.1. The van der Waals surface area contributed by atoms with E-state index < -0.39 is 0 Å². The maximum atomic E-state index is 3.45. The third kappa shape index (κ3) is 4.73. The van der Waals surface area contributed by atoms with Crippen LogP contribution in [0, 0.1) is 13.8 Å². The van der Waals surface area contributed by atoms with Gasteiger partial charge in [0.1, 0.15) is 14.1 Å². The first-order valence-electron chi connectivity index (χ1n) is 10.8. The highest BCUT2D eigenvalue weighted by molar-refractivity contribution is 6.04. The first-order chi connectivity index (χ1) is 14.4. The molecule has 1 aliphatic carbocycles. The van der Waals surface area contributed by atoms with Crippen molar-refractivity contribution in [2.45, 2.75) is 27.7 Å². The third-order valence-corrected chi connectivity index (χ3v) is 5.44. The summed E-state index contributed by atoms with van der Waals surface area (Å²) in [6.07, 6.45) is 8.83. The molecule has 0 spiro atoms. The Bertz CT molecular complexity index is 972. The Morgan fingerprint density at radius 1 is 0.733 bits per heavy atom. The average molecular weight is 401 g/mol. The van der Waals surface area contributed by atoms with Gasteiger partial charge in [-0.1, -0.05) is 12.1 Å². The highest BCUT2D eigenvalue weighted by Crippen LogP contribution is 2.33. The van der Waals surface area contributed by atoms with Crippen molar-refractivity contribution in [3.63, 3.8) is 0 Å². The molecule has 0 bridgehead atoms. The fraction of sp³-hybridized carbons (Fsp3) is 0.296. The largest absolute Gasteiger partial charge is 0.385 e. The second-order valence-corrected chi connectivity index (χ2v) is 7.94. The molecule has 3 rings (SSSR count). The molecule has 30 heavy (non-hydrogen) atoms. The Hall–Kier alpha value is -3.07. The third-order valence-electron chi connectivity index (χ3n) is 5.44. The Kier molecular flexibility index (Phi) is 6.94. The molecule has 0 fully saturated rings. The summed E-state index contributed by atoms with van der Waals surface area (Å²) in [6.45, 7) is 10.5. The van der Waals surface area contributed by atoms with E-state index in [4.69, 9.17) is 0 Å². The van der Waals surface area contributed by atoms with Crippen LogP contribution < -0.4 is 10.6 Å². The van der Waals surface area contributed by atoms with Gasteiger partial charge in [-0.15, -0.1) is 0 Å². The highest BCUT2D eigenvalue weighted by Gasteiger charge is 2.15. The molecule has 0 saturated carbocycles. The molecule has 0 saturated heterocycles. The second-order valence-electron chi connectivity index (χ2n) is 7.94. The van der Waals surface area contributed by atoms with Crippen LogP contribution in [-0.2, 0) is 0 Å². The minimum Gasteiger partial charge on any atom is -0.385 e. The van der Waals surface area contributed by atoms with E-state index in [2.05, 4.69) is 118 Å². The van der Waals surface area contributed by atoms with Gasteiger partial charge in [0.2, 0.25) is 0 Å². The molecule has 0 amide bonds. The molecular weight excluding hydrogens is 366 g/mol. The number of anilines is 2. The zero-order valence-electron chi connectivity index (χ0n) is 19.1. The number of allylic oxidation sites excluding steroid dienone is 5. The topological polar surface area (TPSA) is 27.1 Å². The van der Waals surface area contributed by atoms with E-state index >= 15 is 0 Å². The average Bonchev–Trinajstić information content (AvgIpc) is 2.73. The quantitative estimate of drug-likeness (QED) is 0.599. The zero-order valence-corrected chi connectivity index (χ0v) is 19.1. The normalized spacial score (nSPS) is 12.9. The lowest BCUT2D eigenvalue weighted by molar-refractivity contribution is -0.462. The van der Waals surface area contributed by atoms with Crippen LogP contribution in [0.25, 0.3) is 5.57 Å². The van der Waals surface area contributed by atoms with Gasteiger partial charge in [-0.05, 0) is 97.5 Å². The number of nitrogens with one attached hydrogen (secondary N) is 2. The molecule has 0 heterocycles. The van der Waals surface area contributed by atoms with Crippen molar-refractivity contribution in [1.29, 1.82) is 0 Å². The first-order valence-corrected chi connectivity index (χ1v) is 10.8. The van der Waals surface area contributed by atoms with Crippen molar-refractivity contribution >= 4 is 22.7 Å². The van der Waals surface area contributed by atoms with Crippen LogP contribution in [0.2, 0.25) is 0 Å². The minimum absolute atomic E-state index is 0.924. The van der Waals surface area contributed by atoms with Gasteiger partial charge in [0.05, 0.1) is 0 Å². The van der Waals surface area contributed by atoms with Crippen LogP contribution in [0.4, 0.5) is 11.4 Å². The van der Waals surface area contributed by atoms with Gasteiger partial charge in [0.15, 0.2) is 5.71 Å². The standard InChI is InChI=1S/C27H33N3/c1-7-28-25-15-11-22(17-19(25)3)27(21-9-13-24(14-10-21)30(5)6)23-12-16-26(29-8-2)20(4)18-23/h9-18H,7-8H2,1-6H3,(H,28,29)/p+1. The van der Waals surface area contributed by atoms with E-state index in [0.29, 0.717) is 0 Å². The fourth-order valence-corrected chi connectivity index (χ4v) is 3.84. The monoisotopic (exact) mass is 400 g/mol. The second kappa shape index (κ2) is 9.62. The lowest BCUT2D eigenvalue weighted by atomic mass is 9.89. The van der Waals surface area contributed by atoms with Gasteiger partial charge in [0, 0.05) is 36.6 Å². The van der Waals surface area contributed by atoms with Crippen molar-refractivity contribution in [3.8, 4) is 0 Å². The lowest BCUT2D eigenvalue weighted by Gasteiger charge is -2.17. The Labute approximate surface area is 181 Å². The summed E-state index contributed by atoms with van der Waals surface area (Å²) >= 11 is 0. The number of benzene rings is 2. The van der Waals surface area contributed by atoms with E-state index in [1.807, 2.05) is 0 Å². The van der Waals surface area contributed by atoms with E-state index in [0.717, 1.165) is 13.1 Å². The zero-order chi connectivity index (χ0) is 21.7. The van der Waals surface area contributed by atoms with Crippen LogP contribution >= 0.6 is 0 Å². The van der Waals surface area contributed by atoms with Crippen LogP contribution in [-0.4, -0.2) is 37.5 Å². The van der Waals surface area contributed by atoms with Crippen molar-refractivity contribution in [2.24, 2.45) is 0 Å². The molecule has 0 aromatic heterocycles. The smallest absolute Gasteiger partial charge is 0.199 e. The summed E-state index contributed by atoms with van der Waals surface area (Å²) in [5.74, 6) is 0. The summed E-state index contributed by atoms with van der Waals surface area (Å²) in [5, 5.41) is 6.90. The van der Waals surface area contributed by atoms with Crippen molar-refractivity contribution in [1.82, 2.24) is 0 Å². The fourth-order valence-electron chi connectivity index (χ4n) is 3.84. The summed E-state index contributed by atoms with van der Waals surface area (Å²) in [4.78, 5) is 0. The van der Waals surface area contributed by atoms with Gasteiger partial charge < -0.3 is 10.6 Å². The van der Waals surface area contributed by atoms with Crippen LogP contribution in [0.5, 0.6) is 0 Å². The summed E-state index contributed by atoms with van der Waals surface area (Å²) in [7, 11) is 4.15. The van der Waals surface area contributed by atoms with E-state index in [1.165, 1.54) is 50.5 Å². The van der Waals surface area contributed by atoms with Crippen molar-refractivity contribution in [2.75, 3.05) is 37.8 Å². The minimum atomic E-state index is 0.924. The molecule has 0 unspecified atom stereocenters. The maximum Gasteiger partial charge on any atom is 0.199 e. The maximum absolute atomic E-state index is 3.45. The molecule has 2 aromatic carbocycles. The van der Waals surface area contributed by atoms with Crippen LogP contribution in [0.15, 0.2) is 66.3 Å². The first kappa shape index (κ1) is 21.6. The summed E-state index contributed by atoms with van der Waals surface area (Å²) in [6, 6.07) is 13.4. The van der Waals surface area contributed by atoms with Crippen LogP contribution in [0.1, 0.15) is 36.1 Å². The van der Waals surface area contributed by atoms with E-state index in [1.54, 1.807) is 0 Å². The van der Waals surface area contributed by atoms with Gasteiger partial charge in [-0.3, -0.25) is 0 Å². The number of rotatable bonds is 6. The molecule has 0 radical (unpaired) electrons. The molecular formula is C27H34N3+. The molecule has 2 N–H and O–H groups in total. The van der Waals surface area contributed by atoms with Crippen LogP contribution in [0.3, 0.4) is 0 Å².